The lowest BCUT2D eigenvalue weighted by molar-refractivity contribution is 0.0809. The molecular formula is C39H40Cl3N11O4. The molecule has 57 heavy (non-hydrogen) atoms. The lowest BCUT2D eigenvalue weighted by atomic mass is 10.1. The highest BCUT2D eigenvalue weighted by atomic mass is 35.5. The van der Waals surface area contributed by atoms with Gasteiger partial charge in [0.15, 0.2) is 11.5 Å². The summed E-state index contributed by atoms with van der Waals surface area (Å²) >= 11 is 18.4. The third kappa shape index (κ3) is 9.17. The van der Waals surface area contributed by atoms with Gasteiger partial charge in [0.25, 0.3) is 11.8 Å². The Balaban J connectivity index is 0.000000168. The van der Waals surface area contributed by atoms with Gasteiger partial charge in [-0.3, -0.25) is 23.9 Å². The molecule has 6 aromatic rings. The van der Waals surface area contributed by atoms with Gasteiger partial charge in [-0.2, -0.15) is 10.2 Å². The first-order valence-corrected chi connectivity index (χ1v) is 18.6. The van der Waals surface area contributed by atoms with Crippen molar-refractivity contribution in [3.8, 4) is 11.5 Å². The Morgan fingerprint density at radius 1 is 0.667 bits per heavy atom. The molecule has 0 saturated heterocycles. The van der Waals surface area contributed by atoms with E-state index in [2.05, 4.69) is 25.8 Å². The van der Waals surface area contributed by atoms with Gasteiger partial charge in [-0.15, -0.1) is 0 Å². The number of carbonyl (C=O) groups excluding carboxylic acids is 2. The van der Waals surface area contributed by atoms with Crippen molar-refractivity contribution in [3.05, 3.63) is 122 Å². The Hall–Kier alpha value is -6.03. The third-order valence-corrected chi connectivity index (χ3v) is 9.64. The van der Waals surface area contributed by atoms with Crippen LogP contribution in [-0.4, -0.2) is 79.5 Å². The highest BCUT2D eigenvalue weighted by Crippen LogP contribution is 2.39. The quantitative estimate of drug-likeness (QED) is 0.133. The van der Waals surface area contributed by atoms with Crippen LogP contribution in [0.4, 0.5) is 28.6 Å². The van der Waals surface area contributed by atoms with Crippen LogP contribution in [0.3, 0.4) is 0 Å². The average Bonchev–Trinajstić information content (AvgIpc) is 3.90. The second-order valence-corrected chi connectivity index (χ2v) is 14.3. The van der Waals surface area contributed by atoms with Crippen LogP contribution in [0.5, 0.6) is 11.5 Å². The number of rotatable bonds is 8. The SMILES string of the molecule is COc1c(Cl)cccc1Nc1cc(Cc2ccn(C)n2)nc2c1C(=O)N(C)C2.COc1c(Cl)cccc1Nc1cc(Cl)nc2c1C(=O)N(C)C2.Cn1ccc(N)n1. The van der Waals surface area contributed by atoms with E-state index in [1.54, 1.807) is 76.9 Å². The maximum absolute atomic E-state index is 12.7. The van der Waals surface area contributed by atoms with Crippen LogP contribution in [-0.2, 0) is 33.6 Å². The minimum atomic E-state index is -0.0948. The number of hydrogen-bond donors (Lipinski definition) is 3. The van der Waals surface area contributed by atoms with E-state index in [-0.39, 0.29) is 11.8 Å². The van der Waals surface area contributed by atoms with Crippen molar-refractivity contribution in [3.63, 3.8) is 0 Å². The number of nitrogen functional groups attached to an aromatic ring is 1. The second-order valence-electron chi connectivity index (χ2n) is 13.1. The molecule has 18 heteroatoms. The number of nitrogens with one attached hydrogen (secondary N) is 2. The van der Waals surface area contributed by atoms with E-state index in [4.69, 9.17) is 55.0 Å². The number of para-hydroxylation sites is 2. The van der Waals surface area contributed by atoms with Crippen LogP contribution >= 0.6 is 34.8 Å². The molecule has 0 bridgehead atoms. The molecule has 0 spiro atoms. The van der Waals surface area contributed by atoms with Crippen LogP contribution in [0.25, 0.3) is 0 Å². The summed E-state index contributed by atoms with van der Waals surface area (Å²) in [5.41, 5.74) is 12.1. The van der Waals surface area contributed by atoms with Gasteiger partial charge in [-0.05, 0) is 48.5 Å². The van der Waals surface area contributed by atoms with Crippen molar-refractivity contribution in [2.45, 2.75) is 19.5 Å². The molecule has 0 unspecified atom stereocenters. The summed E-state index contributed by atoms with van der Waals surface area (Å²) < 4.78 is 14.2. The Morgan fingerprint density at radius 3 is 1.63 bits per heavy atom. The fraction of sp³-hybridized carbons (Fsp3) is 0.231. The zero-order valence-corrected chi connectivity index (χ0v) is 34.2. The highest BCUT2D eigenvalue weighted by molar-refractivity contribution is 6.33. The Morgan fingerprint density at radius 2 is 1.18 bits per heavy atom. The van der Waals surface area contributed by atoms with Crippen molar-refractivity contribution in [2.24, 2.45) is 14.1 Å². The number of amides is 2. The fourth-order valence-corrected chi connectivity index (χ4v) is 7.00. The summed E-state index contributed by atoms with van der Waals surface area (Å²) in [5, 5.41) is 16.0. The Bertz CT molecular complexity index is 2440. The van der Waals surface area contributed by atoms with Gasteiger partial charge in [-0.25, -0.2) is 4.98 Å². The number of pyridine rings is 2. The summed E-state index contributed by atoms with van der Waals surface area (Å²) in [6, 6.07) is 18.0. The minimum absolute atomic E-state index is 0.0598. The number of hydrogen-bond acceptors (Lipinski definition) is 11. The average molecular weight is 833 g/mol. The van der Waals surface area contributed by atoms with Crippen molar-refractivity contribution >= 4 is 75.2 Å². The smallest absolute Gasteiger partial charge is 0.257 e. The molecule has 0 atom stereocenters. The number of halogens is 3. The van der Waals surface area contributed by atoms with Crippen molar-refractivity contribution in [2.75, 3.05) is 44.7 Å². The summed E-state index contributed by atoms with van der Waals surface area (Å²) in [4.78, 5) is 37.1. The maximum Gasteiger partial charge on any atom is 0.257 e. The molecule has 0 fully saturated rings. The van der Waals surface area contributed by atoms with Crippen LogP contribution < -0.4 is 25.8 Å². The molecule has 296 valence electrons. The number of benzene rings is 2. The first kappa shape index (κ1) is 40.6. The van der Waals surface area contributed by atoms with Crippen LogP contribution in [0, 0.1) is 0 Å². The molecule has 2 aliphatic heterocycles. The molecule has 2 aliphatic rings. The van der Waals surface area contributed by atoms with Gasteiger partial charge in [0.05, 0.1) is 88.3 Å². The van der Waals surface area contributed by atoms with Gasteiger partial charge in [-0.1, -0.05) is 46.9 Å². The molecule has 0 radical (unpaired) electrons. The number of anilines is 5. The van der Waals surface area contributed by atoms with E-state index in [1.807, 2.05) is 50.6 Å². The third-order valence-electron chi connectivity index (χ3n) is 8.85. The molecule has 8 rings (SSSR count). The molecule has 4 aromatic heterocycles. The molecule has 0 saturated carbocycles. The normalized spacial score (nSPS) is 12.6. The van der Waals surface area contributed by atoms with E-state index in [9.17, 15) is 9.59 Å². The van der Waals surface area contributed by atoms with Crippen molar-refractivity contribution < 1.29 is 19.1 Å². The predicted octanol–water partition coefficient (Wildman–Crippen LogP) is 7.13. The first-order valence-electron chi connectivity index (χ1n) is 17.4. The first-order chi connectivity index (χ1) is 27.3. The Kier molecular flexibility index (Phi) is 12.4. The number of nitrogens with two attached hydrogens (primary N) is 1. The molecule has 2 aromatic carbocycles. The van der Waals surface area contributed by atoms with Crippen molar-refractivity contribution in [1.82, 2.24) is 39.3 Å². The molecule has 2 amide bonds. The zero-order chi connectivity index (χ0) is 41.0. The number of ether oxygens (including phenoxy) is 2. The van der Waals surface area contributed by atoms with Gasteiger partial charge < -0.3 is 35.6 Å². The summed E-state index contributed by atoms with van der Waals surface area (Å²) in [6.07, 6.45) is 4.28. The van der Waals surface area contributed by atoms with Crippen LogP contribution in [0.15, 0.2) is 73.1 Å². The summed E-state index contributed by atoms with van der Waals surface area (Å²) in [6.45, 7) is 0.918. The van der Waals surface area contributed by atoms with Gasteiger partial charge in [0.2, 0.25) is 0 Å². The molecular weight excluding hydrogens is 793 g/mol. The van der Waals surface area contributed by atoms with Gasteiger partial charge >= 0.3 is 0 Å². The largest absolute Gasteiger partial charge is 0.493 e. The fourth-order valence-electron chi connectivity index (χ4n) is 6.28. The number of nitrogens with zero attached hydrogens (tertiary/aromatic N) is 8. The number of aryl methyl sites for hydroxylation is 2. The number of aromatic nitrogens is 6. The van der Waals surface area contributed by atoms with E-state index in [0.29, 0.717) is 91.6 Å². The number of fused-ring (bicyclic) bond motifs is 2. The maximum atomic E-state index is 12.7. The summed E-state index contributed by atoms with van der Waals surface area (Å²) in [5.74, 6) is 1.45. The molecule has 15 nitrogen and oxygen atoms in total. The lowest BCUT2D eigenvalue weighted by Gasteiger charge is -2.15. The van der Waals surface area contributed by atoms with E-state index >= 15 is 0 Å². The van der Waals surface area contributed by atoms with Crippen molar-refractivity contribution in [1.29, 1.82) is 0 Å². The number of carbonyl (C=O) groups is 2. The number of methoxy groups -OCH3 is 2. The zero-order valence-electron chi connectivity index (χ0n) is 32.0. The van der Waals surface area contributed by atoms with Crippen LogP contribution in [0.2, 0.25) is 15.2 Å². The van der Waals surface area contributed by atoms with E-state index in [1.165, 1.54) is 7.11 Å². The highest BCUT2D eigenvalue weighted by Gasteiger charge is 2.31. The predicted molar refractivity (Wildman–Crippen MR) is 221 cm³/mol. The van der Waals surface area contributed by atoms with E-state index in [0.717, 1.165) is 17.1 Å². The minimum Gasteiger partial charge on any atom is -0.493 e. The topological polar surface area (TPSA) is 171 Å². The van der Waals surface area contributed by atoms with E-state index < -0.39 is 0 Å². The summed E-state index contributed by atoms with van der Waals surface area (Å²) in [7, 11) is 10.3. The molecule has 4 N–H and O–H groups in total. The van der Waals surface area contributed by atoms with Gasteiger partial charge in [0, 0.05) is 52.7 Å². The standard InChI is InChI=1S/C20H20ClN5O2.C15H13Cl2N3O2.C4H7N3/c1-25-11-17-18(20(25)27)16(23-15-6-4-5-14(21)19(15)28-3)10-13(22-17)9-12-7-8-26(2)24-12;1-20-7-11-13(15(20)21)10(6-12(17)19-11)18-9-5-3-4-8(16)14(9)22-2;1-7-3-2-4(5)6-7/h4-8,10H,9,11H2,1-3H3,(H,22,23);3-6H,7H2,1-2H3,(H,18,19);2-3H,1H3,(H2,5,6). The lowest BCUT2D eigenvalue weighted by Crippen LogP contribution is -2.18. The molecule has 0 aliphatic carbocycles. The Labute approximate surface area is 344 Å². The monoisotopic (exact) mass is 831 g/mol. The molecule has 6 heterocycles. The van der Waals surface area contributed by atoms with Gasteiger partial charge in [0.1, 0.15) is 11.0 Å². The second kappa shape index (κ2) is 17.4. The van der Waals surface area contributed by atoms with Crippen LogP contribution in [0.1, 0.15) is 43.5 Å².